The number of ketones is 1. The lowest BCUT2D eigenvalue weighted by Crippen LogP contribution is -2.04. The summed E-state index contributed by atoms with van der Waals surface area (Å²) in [5.41, 5.74) is 2.97. The van der Waals surface area contributed by atoms with Gasteiger partial charge in [-0.2, -0.15) is 0 Å². The molecule has 0 unspecified atom stereocenters. The first kappa shape index (κ1) is 22.8. The lowest BCUT2D eigenvalue weighted by Gasteiger charge is -2.12. The topological polar surface area (TPSA) is 65.0 Å². The predicted octanol–water partition coefficient (Wildman–Crippen LogP) is 5.94. The summed E-state index contributed by atoms with van der Waals surface area (Å²) in [6.07, 6.45) is 6.54. The molecule has 0 amide bonds. The SMILES string of the molecule is COc1ccc(/C=C/C(=O)c2c(O)cc(OC=C(C)C)cc2OCC=C(C)C)cc1. The van der Waals surface area contributed by atoms with Crippen LogP contribution in [0.25, 0.3) is 6.08 Å². The number of rotatable bonds is 9. The minimum absolute atomic E-state index is 0.0893. The number of carbonyl (C=O) groups excluding carboxylic acids is 1. The Bertz CT molecular complexity index is 958. The molecule has 2 aromatic rings. The highest BCUT2D eigenvalue weighted by Crippen LogP contribution is 2.34. The molecule has 0 saturated heterocycles. The minimum atomic E-state index is -0.371. The second-order valence-corrected chi connectivity index (χ2v) is 7.19. The smallest absolute Gasteiger partial charge is 0.193 e. The first-order valence-corrected chi connectivity index (χ1v) is 9.60. The molecule has 0 aliphatic carbocycles. The Morgan fingerprint density at radius 3 is 2.30 bits per heavy atom. The molecule has 2 rings (SSSR count). The number of carbonyl (C=O) groups is 1. The van der Waals surface area contributed by atoms with Crippen molar-refractivity contribution >= 4 is 11.9 Å². The molecule has 5 heteroatoms. The van der Waals surface area contributed by atoms with E-state index in [-0.39, 0.29) is 29.5 Å². The van der Waals surface area contributed by atoms with Gasteiger partial charge in [0.1, 0.15) is 35.2 Å². The van der Waals surface area contributed by atoms with Crippen molar-refractivity contribution in [3.8, 4) is 23.0 Å². The Hall–Kier alpha value is -3.47. The van der Waals surface area contributed by atoms with Crippen LogP contribution in [0.5, 0.6) is 23.0 Å². The van der Waals surface area contributed by atoms with E-state index in [1.807, 2.05) is 58.0 Å². The van der Waals surface area contributed by atoms with Gasteiger partial charge in [-0.05, 0) is 63.1 Å². The monoisotopic (exact) mass is 408 g/mol. The number of hydrogen-bond acceptors (Lipinski definition) is 5. The zero-order valence-electron chi connectivity index (χ0n) is 18.1. The third-order valence-corrected chi connectivity index (χ3v) is 4.01. The van der Waals surface area contributed by atoms with Gasteiger partial charge in [-0.1, -0.05) is 23.8 Å². The molecule has 0 radical (unpaired) electrons. The maximum atomic E-state index is 12.8. The van der Waals surface area contributed by atoms with Gasteiger partial charge in [0.15, 0.2) is 5.78 Å². The number of phenols is 1. The number of aromatic hydroxyl groups is 1. The Kier molecular flexibility index (Phi) is 8.29. The fraction of sp³-hybridized carbons (Fsp3) is 0.240. The molecule has 0 heterocycles. The summed E-state index contributed by atoms with van der Waals surface area (Å²) < 4.78 is 16.4. The van der Waals surface area contributed by atoms with Crippen LogP contribution in [0.1, 0.15) is 43.6 Å². The van der Waals surface area contributed by atoms with E-state index in [0.29, 0.717) is 5.75 Å². The van der Waals surface area contributed by atoms with Gasteiger partial charge in [-0.3, -0.25) is 4.79 Å². The third-order valence-electron chi connectivity index (χ3n) is 4.01. The predicted molar refractivity (Wildman–Crippen MR) is 119 cm³/mol. The summed E-state index contributed by atoms with van der Waals surface area (Å²) in [4.78, 5) is 12.8. The van der Waals surface area contributed by atoms with Crippen LogP contribution in [0.3, 0.4) is 0 Å². The van der Waals surface area contributed by atoms with E-state index < -0.39 is 0 Å². The average Bonchev–Trinajstić information content (AvgIpc) is 2.70. The molecule has 0 spiro atoms. The van der Waals surface area contributed by atoms with Crippen molar-refractivity contribution in [1.82, 2.24) is 0 Å². The van der Waals surface area contributed by atoms with Crippen LogP contribution in [0.4, 0.5) is 0 Å². The van der Waals surface area contributed by atoms with E-state index in [0.717, 1.165) is 22.5 Å². The molecular weight excluding hydrogens is 380 g/mol. The van der Waals surface area contributed by atoms with Crippen LogP contribution >= 0.6 is 0 Å². The van der Waals surface area contributed by atoms with Crippen LogP contribution < -0.4 is 14.2 Å². The molecule has 0 fully saturated rings. The molecule has 0 aliphatic rings. The average molecular weight is 408 g/mol. The Labute approximate surface area is 177 Å². The molecule has 0 bridgehead atoms. The highest BCUT2D eigenvalue weighted by molar-refractivity contribution is 6.10. The summed E-state index contributed by atoms with van der Waals surface area (Å²) in [6.45, 7) is 7.98. The molecule has 0 aliphatic heterocycles. The first-order valence-electron chi connectivity index (χ1n) is 9.60. The van der Waals surface area contributed by atoms with Crippen molar-refractivity contribution in [2.45, 2.75) is 27.7 Å². The van der Waals surface area contributed by atoms with Crippen LogP contribution in [0, 0.1) is 0 Å². The van der Waals surface area contributed by atoms with Gasteiger partial charge >= 0.3 is 0 Å². The zero-order chi connectivity index (χ0) is 22.1. The molecule has 1 N–H and O–H groups in total. The summed E-state index contributed by atoms with van der Waals surface area (Å²) in [5.74, 6) is 0.805. The maximum Gasteiger partial charge on any atom is 0.193 e. The summed E-state index contributed by atoms with van der Waals surface area (Å²) in [5, 5.41) is 10.5. The number of benzene rings is 2. The Balaban J connectivity index is 2.34. The highest BCUT2D eigenvalue weighted by Gasteiger charge is 2.18. The second-order valence-electron chi connectivity index (χ2n) is 7.19. The van der Waals surface area contributed by atoms with Gasteiger partial charge in [0.05, 0.1) is 13.4 Å². The quantitative estimate of drug-likeness (QED) is 0.241. The summed E-state index contributed by atoms with van der Waals surface area (Å²) >= 11 is 0. The standard InChI is InChI=1S/C25H28O5/c1-17(2)12-13-29-24-15-21(30-16-18(3)4)14-23(27)25(24)22(26)11-8-19-6-9-20(28-5)10-7-19/h6-12,14-16,27H,13H2,1-5H3/b11-8+. The van der Waals surface area contributed by atoms with Crippen molar-refractivity contribution in [2.24, 2.45) is 0 Å². The third kappa shape index (κ3) is 6.85. The van der Waals surface area contributed by atoms with Crippen molar-refractivity contribution in [3.05, 3.63) is 77.1 Å². The van der Waals surface area contributed by atoms with Crippen molar-refractivity contribution < 1.29 is 24.1 Å². The number of allylic oxidation sites excluding steroid dienone is 3. The van der Waals surface area contributed by atoms with Gasteiger partial charge in [0.2, 0.25) is 0 Å². The molecule has 5 nitrogen and oxygen atoms in total. The highest BCUT2D eigenvalue weighted by atomic mass is 16.5. The van der Waals surface area contributed by atoms with E-state index in [1.54, 1.807) is 25.5 Å². The fourth-order valence-corrected chi connectivity index (χ4v) is 2.46. The molecule has 0 atom stereocenters. The van der Waals surface area contributed by atoms with Crippen molar-refractivity contribution in [2.75, 3.05) is 13.7 Å². The van der Waals surface area contributed by atoms with E-state index in [9.17, 15) is 9.90 Å². The van der Waals surface area contributed by atoms with Gasteiger partial charge in [-0.15, -0.1) is 0 Å². The summed E-state index contributed by atoms with van der Waals surface area (Å²) in [6, 6.07) is 10.3. The summed E-state index contributed by atoms with van der Waals surface area (Å²) in [7, 11) is 1.60. The zero-order valence-corrected chi connectivity index (χ0v) is 18.1. The normalized spacial score (nSPS) is 10.4. The minimum Gasteiger partial charge on any atom is -0.507 e. The molecule has 158 valence electrons. The van der Waals surface area contributed by atoms with E-state index in [2.05, 4.69) is 0 Å². The number of methoxy groups -OCH3 is 1. The Morgan fingerprint density at radius 2 is 1.70 bits per heavy atom. The lowest BCUT2D eigenvalue weighted by molar-refractivity contribution is 0.104. The molecule has 0 saturated carbocycles. The van der Waals surface area contributed by atoms with Crippen LogP contribution in [0.15, 0.2) is 66.0 Å². The van der Waals surface area contributed by atoms with Crippen LogP contribution in [0.2, 0.25) is 0 Å². The van der Waals surface area contributed by atoms with E-state index in [4.69, 9.17) is 14.2 Å². The number of phenolic OH excluding ortho intramolecular Hbond substituents is 1. The van der Waals surface area contributed by atoms with E-state index >= 15 is 0 Å². The number of ether oxygens (including phenoxy) is 3. The molecule has 2 aromatic carbocycles. The Morgan fingerprint density at radius 1 is 1.00 bits per heavy atom. The van der Waals surface area contributed by atoms with Crippen molar-refractivity contribution in [3.63, 3.8) is 0 Å². The van der Waals surface area contributed by atoms with Gasteiger partial charge in [0.25, 0.3) is 0 Å². The lowest BCUT2D eigenvalue weighted by atomic mass is 10.1. The largest absolute Gasteiger partial charge is 0.507 e. The van der Waals surface area contributed by atoms with Gasteiger partial charge in [0, 0.05) is 12.1 Å². The molecule has 0 aromatic heterocycles. The van der Waals surface area contributed by atoms with E-state index in [1.165, 1.54) is 12.1 Å². The fourth-order valence-electron chi connectivity index (χ4n) is 2.46. The molecular formula is C25H28O5. The number of hydrogen-bond donors (Lipinski definition) is 1. The van der Waals surface area contributed by atoms with Gasteiger partial charge < -0.3 is 19.3 Å². The van der Waals surface area contributed by atoms with Crippen molar-refractivity contribution in [1.29, 1.82) is 0 Å². The molecule has 30 heavy (non-hydrogen) atoms. The van der Waals surface area contributed by atoms with Gasteiger partial charge in [-0.25, -0.2) is 0 Å². The van der Waals surface area contributed by atoms with Crippen LogP contribution in [-0.2, 0) is 0 Å². The van der Waals surface area contributed by atoms with Crippen LogP contribution in [-0.4, -0.2) is 24.6 Å². The maximum absolute atomic E-state index is 12.8. The first-order chi connectivity index (χ1) is 14.3. The second kappa shape index (κ2) is 10.9.